The molecule has 1 unspecified atom stereocenters. The molecule has 7 nitrogen and oxygen atoms in total. The van der Waals surface area contributed by atoms with Gasteiger partial charge in [0.25, 0.3) is 0 Å². The van der Waals surface area contributed by atoms with Gasteiger partial charge in [0.1, 0.15) is 5.60 Å². The number of rotatable bonds is 6. The Morgan fingerprint density at radius 1 is 1.55 bits per heavy atom. The molecule has 7 heteroatoms. The molecule has 1 atom stereocenters. The monoisotopic (exact) mass is 309 g/mol. The summed E-state index contributed by atoms with van der Waals surface area (Å²) in [4.78, 5) is 4.50. The van der Waals surface area contributed by atoms with Crippen LogP contribution >= 0.6 is 0 Å². The van der Waals surface area contributed by atoms with E-state index in [1.165, 1.54) is 0 Å². The summed E-state index contributed by atoms with van der Waals surface area (Å²) >= 11 is 0. The molecule has 2 rings (SSSR count). The van der Waals surface area contributed by atoms with Gasteiger partial charge < -0.3 is 20.5 Å². The first-order valence-electron chi connectivity index (χ1n) is 7.66. The minimum atomic E-state index is -1.04. The number of hydrogen-bond acceptors (Lipinski definition) is 4. The predicted octanol–water partition coefficient (Wildman–Crippen LogP) is 0.219. The minimum Gasteiger partial charge on any atom is -0.383 e. The Bertz CT molecular complexity index is 520. The van der Waals surface area contributed by atoms with E-state index in [0.717, 1.165) is 31.9 Å². The lowest BCUT2D eigenvalue weighted by Crippen LogP contribution is -2.51. The van der Waals surface area contributed by atoms with Gasteiger partial charge >= 0.3 is 0 Å². The Morgan fingerprint density at radius 2 is 2.27 bits per heavy atom. The average molecular weight is 309 g/mol. The molecule has 124 valence electrons. The molecule has 0 radical (unpaired) electrons. The van der Waals surface area contributed by atoms with E-state index >= 15 is 0 Å². The van der Waals surface area contributed by atoms with Crippen molar-refractivity contribution in [2.45, 2.75) is 26.4 Å². The maximum Gasteiger partial charge on any atom is 0.191 e. The second-order valence-electron chi connectivity index (χ2n) is 6.53. The third kappa shape index (κ3) is 4.20. The van der Waals surface area contributed by atoms with E-state index < -0.39 is 5.60 Å². The van der Waals surface area contributed by atoms with Crippen molar-refractivity contribution in [3.63, 3.8) is 0 Å². The third-order valence-electron chi connectivity index (χ3n) is 3.80. The highest BCUT2D eigenvalue weighted by Gasteiger charge is 2.33. The summed E-state index contributed by atoms with van der Waals surface area (Å²) in [7, 11) is 1.83. The van der Waals surface area contributed by atoms with Gasteiger partial charge in [-0.25, -0.2) is 4.99 Å². The molecule has 1 fully saturated rings. The van der Waals surface area contributed by atoms with E-state index in [0.29, 0.717) is 5.96 Å². The number of nitrogens with zero attached hydrogens (tertiary/aromatic N) is 3. The summed E-state index contributed by atoms with van der Waals surface area (Å²) in [6.45, 7) is 9.32. The Balaban J connectivity index is 1.96. The number of guanidine groups is 1. The second-order valence-corrected chi connectivity index (χ2v) is 6.53. The third-order valence-corrected chi connectivity index (χ3v) is 3.80. The number of aryl methyl sites for hydroxylation is 1. The van der Waals surface area contributed by atoms with Crippen LogP contribution in [0.3, 0.4) is 0 Å². The second kappa shape index (κ2) is 6.66. The summed E-state index contributed by atoms with van der Waals surface area (Å²) < 4.78 is 6.93. The predicted molar refractivity (Wildman–Crippen MR) is 85.7 cm³/mol. The van der Waals surface area contributed by atoms with Crippen molar-refractivity contribution in [1.29, 1.82) is 0 Å². The maximum atomic E-state index is 10.6. The van der Waals surface area contributed by atoms with Crippen molar-refractivity contribution in [2.24, 2.45) is 17.5 Å². The van der Waals surface area contributed by atoms with Crippen LogP contribution in [0.25, 0.3) is 0 Å². The highest BCUT2D eigenvalue weighted by Crippen LogP contribution is 2.25. The van der Waals surface area contributed by atoms with Crippen LogP contribution < -0.4 is 10.6 Å². The highest BCUT2D eigenvalue weighted by atomic mass is 16.5. The Hall–Kier alpha value is -1.60. The first-order valence-corrected chi connectivity index (χ1v) is 7.66. The van der Waals surface area contributed by atoms with Crippen LogP contribution in [0.2, 0.25) is 0 Å². The molecule has 1 saturated heterocycles. The largest absolute Gasteiger partial charge is 0.383 e. The van der Waals surface area contributed by atoms with Crippen LogP contribution in [-0.2, 0) is 17.4 Å². The Morgan fingerprint density at radius 3 is 2.77 bits per heavy atom. The fourth-order valence-corrected chi connectivity index (χ4v) is 2.22. The normalized spacial score (nSPS) is 20.1. The number of aliphatic hydroxyl groups is 1. The lowest BCUT2D eigenvalue weighted by Gasteiger charge is -2.38. The molecule has 0 bridgehead atoms. The lowest BCUT2D eigenvalue weighted by atomic mass is 9.89. The molecule has 0 amide bonds. The molecule has 22 heavy (non-hydrogen) atoms. The minimum absolute atomic E-state index is 0.169. The van der Waals surface area contributed by atoms with Crippen LogP contribution in [0.15, 0.2) is 17.4 Å². The van der Waals surface area contributed by atoms with Crippen molar-refractivity contribution in [3.05, 3.63) is 18.0 Å². The molecule has 0 spiro atoms. The zero-order valence-electron chi connectivity index (χ0n) is 13.9. The zero-order valence-corrected chi connectivity index (χ0v) is 13.9. The summed E-state index contributed by atoms with van der Waals surface area (Å²) in [6.07, 6.45) is 3.48. The van der Waals surface area contributed by atoms with Crippen molar-refractivity contribution in [2.75, 3.05) is 32.8 Å². The van der Waals surface area contributed by atoms with E-state index in [-0.39, 0.29) is 12.0 Å². The number of hydrogen-bond donors (Lipinski definition) is 3. The molecule has 3 N–H and O–H groups in total. The van der Waals surface area contributed by atoms with Gasteiger partial charge in [-0.3, -0.25) is 4.68 Å². The number of aromatic nitrogens is 2. The van der Waals surface area contributed by atoms with Crippen molar-refractivity contribution in [3.8, 4) is 0 Å². The molecular formula is C15H27N5O2. The summed E-state index contributed by atoms with van der Waals surface area (Å²) in [5.74, 6) is 0.708. The van der Waals surface area contributed by atoms with E-state index in [1.807, 2.05) is 20.2 Å². The van der Waals surface area contributed by atoms with Crippen LogP contribution in [0, 0.1) is 5.41 Å². The van der Waals surface area contributed by atoms with Crippen molar-refractivity contribution in [1.82, 2.24) is 20.4 Å². The van der Waals surface area contributed by atoms with Crippen molar-refractivity contribution >= 4 is 5.96 Å². The first-order chi connectivity index (χ1) is 10.3. The van der Waals surface area contributed by atoms with E-state index in [4.69, 9.17) is 4.74 Å². The SMILES string of the molecule is CCNC(=NCC(C)(O)c1cnn(C)c1)NCC1(C)COC1. The Labute approximate surface area is 131 Å². The fourth-order valence-electron chi connectivity index (χ4n) is 2.22. The molecule has 2 heterocycles. The van der Waals surface area contributed by atoms with Crippen LogP contribution in [0.5, 0.6) is 0 Å². The molecule has 0 aromatic carbocycles. The zero-order chi connectivity index (χ0) is 16.2. The van der Waals surface area contributed by atoms with Gasteiger partial charge in [-0.15, -0.1) is 0 Å². The average Bonchev–Trinajstić information content (AvgIpc) is 2.87. The summed E-state index contributed by atoms with van der Waals surface area (Å²) in [6, 6.07) is 0. The molecule has 1 aromatic heterocycles. The number of nitrogens with one attached hydrogen (secondary N) is 2. The molecule has 0 saturated carbocycles. The van der Waals surface area contributed by atoms with Crippen LogP contribution in [0.4, 0.5) is 0 Å². The number of aliphatic imine (C=N–C) groups is 1. The highest BCUT2D eigenvalue weighted by molar-refractivity contribution is 5.79. The van der Waals surface area contributed by atoms with Gasteiger partial charge in [-0.05, 0) is 13.8 Å². The van der Waals surface area contributed by atoms with Gasteiger partial charge in [-0.2, -0.15) is 5.10 Å². The van der Waals surface area contributed by atoms with E-state index in [2.05, 4.69) is 27.6 Å². The van der Waals surface area contributed by atoms with Crippen molar-refractivity contribution < 1.29 is 9.84 Å². The Kier molecular flexibility index (Phi) is 5.08. The van der Waals surface area contributed by atoms with Gasteiger partial charge in [-0.1, -0.05) is 6.92 Å². The molecule has 1 aromatic rings. The standard InChI is InChI=1S/C15H27N5O2/c1-5-16-13(17-8-14(2)10-22-11-14)18-9-15(3,21)12-6-19-20(4)7-12/h6-7,21H,5,8-11H2,1-4H3,(H2,16,17,18). The summed E-state index contributed by atoms with van der Waals surface area (Å²) in [5, 5.41) is 21.2. The molecule has 1 aliphatic heterocycles. The van der Waals surface area contributed by atoms with E-state index in [9.17, 15) is 5.11 Å². The lowest BCUT2D eigenvalue weighted by molar-refractivity contribution is -0.0971. The van der Waals surface area contributed by atoms with Gasteiger partial charge in [0.05, 0.1) is 26.0 Å². The molecular weight excluding hydrogens is 282 g/mol. The fraction of sp³-hybridized carbons (Fsp3) is 0.733. The topological polar surface area (TPSA) is 83.7 Å². The van der Waals surface area contributed by atoms with Crippen LogP contribution in [-0.4, -0.2) is 53.7 Å². The van der Waals surface area contributed by atoms with Gasteiger partial charge in [0.15, 0.2) is 5.96 Å². The molecule has 1 aliphatic rings. The van der Waals surface area contributed by atoms with Crippen LogP contribution in [0.1, 0.15) is 26.3 Å². The quantitative estimate of drug-likeness (QED) is 0.517. The maximum absolute atomic E-state index is 10.6. The van der Waals surface area contributed by atoms with Gasteiger partial charge in [0, 0.05) is 37.3 Å². The van der Waals surface area contributed by atoms with E-state index in [1.54, 1.807) is 17.8 Å². The first kappa shape index (κ1) is 16.8. The smallest absolute Gasteiger partial charge is 0.191 e. The van der Waals surface area contributed by atoms with Gasteiger partial charge in [0.2, 0.25) is 0 Å². The summed E-state index contributed by atoms with van der Waals surface area (Å²) in [5.41, 5.74) is -0.115. The number of ether oxygens (including phenoxy) is 1. The molecule has 0 aliphatic carbocycles.